The molecular formula is C17H29N5O. The van der Waals surface area contributed by atoms with E-state index in [1.807, 2.05) is 24.3 Å². The SMILES string of the molecule is CCN1CCN(CCN=C(N)Nc2ccccc2COC)CC1. The monoisotopic (exact) mass is 319 g/mol. The number of benzene rings is 1. The van der Waals surface area contributed by atoms with Crippen molar-refractivity contribution in [2.45, 2.75) is 13.5 Å². The molecule has 0 radical (unpaired) electrons. The lowest BCUT2D eigenvalue weighted by Crippen LogP contribution is -2.46. The Kier molecular flexibility index (Phi) is 7.32. The van der Waals surface area contributed by atoms with Crippen LogP contribution >= 0.6 is 0 Å². The van der Waals surface area contributed by atoms with Crippen LogP contribution in [0.1, 0.15) is 12.5 Å². The molecule has 0 saturated carbocycles. The van der Waals surface area contributed by atoms with E-state index < -0.39 is 0 Å². The molecule has 0 aliphatic carbocycles. The third-order valence-electron chi connectivity index (χ3n) is 4.19. The van der Waals surface area contributed by atoms with Gasteiger partial charge in [-0.1, -0.05) is 25.1 Å². The molecule has 1 heterocycles. The van der Waals surface area contributed by atoms with E-state index in [-0.39, 0.29) is 0 Å². The summed E-state index contributed by atoms with van der Waals surface area (Å²) in [6.45, 7) is 10.1. The molecular weight excluding hydrogens is 290 g/mol. The fraction of sp³-hybridized carbons (Fsp3) is 0.588. The number of anilines is 1. The van der Waals surface area contributed by atoms with Gasteiger partial charge in [-0.3, -0.25) is 9.89 Å². The molecule has 3 N–H and O–H groups in total. The zero-order chi connectivity index (χ0) is 16.5. The highest BCUT2D eigenvalue weighted by atomic mass is 16.5. The lowest BCUT2D eigenvalue weighted by molar-refractivity contribution is 0.140. The molecule has 1 aliphatic heterocycles. The van der Waals surface area contributed by atoms with Crippen LogP contribution < -0.4 is 11.1 Å². The van der Waals surface area contributed by atoms with Crippen molar-refractivity contribution in [1.29, 1.82) is 0 Å². The normalized spacial score (nSPS) is 17.4. The predicted molar refractivity (Wildman–Crippen MR) is 95.8 cm³/mol. The number of hydrogen-bond acceptors (Lipinski definition) is 4. The van der Waals surface area contributed by atoms with Crippen LogP contribution in [0.5, 0.6) is 0 Å². The van der Waals surface area contributed by atoms with Crippen LogP contribution in [0, 0.1) is 0 Å². The first-order valence-corrected chi connectivity index (χ1v) is 8.31. The van der Waals surface area contributed by atoms with E-state index in [2.05, 4.69) is 27.0 Å². The summed E-state index contributed by atoms with van der Waals surface area (Å²) in [5.74, 6) is 0.459. The summed E-state index contributed by atoms with van der Waals surface area (Å²) >= 11 is 0. The minimum absolute atomic E-state index is 0.459. The van der Waals surface area contributed by atoms with Gasteiger partial charge in [0, 0.05) is 51.1 Å². The highest BCUT2D eigenvalue weighted by Crippen LogP contribution is 2.15. The van der Waals surface area contributed by atoms with Gasteiger partial charge in [0.2, 0.25) is 0 Å². The molecule has 23 heavy (non-hydrogen) atoms. The van der Waals surface area contributed by atoms with Crippen LogP contribution in [0.3, 0.4) is 0 Å². The maximum atomic E-state index is 6.00. The lowest BCUT2D eigenvalue weighted by atomic mass is 10.2. The zero-order valence-electron chi connectivity index (χ0n) is 14.3. The molecule has 1 aliphatic rings. The summed E-state index contributed by atoms with van der Waals surface area (Å²) < 4.78 is 5.20. The number of likely N-dealkylation sites (N-methyl/N-ethyl adjacent to an activating group) is 1. The number of piperazine rings is 1. The molecule has 128 valence electrons. The topological polar surface area (TPSA) is 66.1 Å². The standard InChI is InChI=1S/C17H29N5O/c1-3-21-10-12-22(13-11-21)9-8-19-17(18)20-16-7-5-4-6-15(16)14-23-2/h4-7H,3,8-14H2,1-2H3,(H3,18,19,20). The van der Waals surface area contributed by atoms with Gasteiger partial charge >= 0.3 is 0 Å². The van der Waals surface area contributed by atoms with Crippen molar-refractivity contribution in [2.24, 2.45) is 10.7 Å². The molecule has 0 bridgehead atoms. The number of methoxy groups -OCH3 is 1. The van der Waals surface area contributed by atoms with Crippen molar-refractivity contribution >= 4 is 11.6 Å². The quantitative estimate of drug-likeness (QED) is 0.584. The van der Waals surface area contributed by atoms with E-state index in [1.54, 1.807) is 7.11 Å². The molecule has 2 rings (SSSR count). The molecule has 0 spiro atoms. The number of hydrogen-bond donors (Lipinski definition) is 2. The number of nitrogens with one attached hydrogen (secondary N) is 1. The molecule has 0 aromatic heterocycles. The fourth-order valence-corrected chi connectivity index (χ4v) is 2.74. The minimum Gasteiger partial charge on any atom is -0.380 e. The highest BCUT2D eigenvalue weighted by molar-refractivity contribution is 5.92. The van der Waals surface area contributed by atoms with Crippen LogP contribution in [-0.4, -0.2) is 68.7 Å². The maximum Gasteiger partial charge on any atom is 0.193 e. The van der Waals surface area contributed by atoms with Crippen molar-refractivity contribution in [2.75, 3.05) is 58.2 Å². The average molecular weight is 319 g/mol. The van der Waals surface area contributed by atoms with Gasteiger partial charge in [0.1, 0.15) is 0 Å². The molecule has 1 saturated heterocycles. The van der Waals surface area contributed by atoms with Gasteiger partial charge in [0.05, 0.1) is 13.2 Å². The Bertz CT molecular complexity index is 498. The van der Waals surface area contributed by atoms with Gasteiger partial charge in [0.25, 0.3) is 0 Å². The molecule has 0 atom stereocenters. The van der Waals surface area contributed by atoms with E-state index in [1.165, 1.54) is 0 Å². The van der Waals surface area contributed by atoms with Gasteiger partial charge in [-0.05, 0) is 12.6 Å². The smallest absolute Gasteiger partial charge is 0.193 e. The Morgan fingerprint density at radius 2 is 1.91 bits per heavy atom. The molecule has 1 fully saturated rings. The average Bonchev–Trinajstić information content (AvgIpc) is 2.57. The summed E-state index contributed by atoms with van der Waals surface area (Å²) in [6.07, 6.45) is 0. The lowest BCUT2D eigenvalue weighted by Gasteiger charge is -2.33. The third-order valence-corrected chi connectivity index (χ3v) is 4.19. The van der Waals surface area contributed by atoms with E-state index in [0.29, 0.717) is 12.6 Å². The second-order valence-corrected chi connectivity index (χ2v) is 5.76. The molecule has 1 aromatic carbocycles. The minimum atomic E-state index is 0.459. The Balaban J connectivity index is 1.77. The number of nitrogens with two attached hydrogens (primary N) is 1. The summed E-state index contributed by atoms with van der Waals surface area (Å²) in [4.78, 5) is 9.36. The summed E-state index contributed by atoms with van der Waals surface area (Å²) in [5, 5.41) is 3.17. The largest absolute Gasteiger partial charge is 0.380 e. The van der Waals surface area contributed by atoms with Crippen LogP contribution in [0.25, 0.3) is 0 Å². The number of ether oxygens (including phenoxy) is 1. The van der Waals surface area contributed by atoms with Gasteiger partial charge in [-0.2, -0.15) is 0 Å². The van der Waals surface area contributed by atoms with Crippen molar-refractivity contribution in [3.63, 3.8) is 0 Å². The first-order valence-electron chi connectivity index (χ1n) is 8.31. The van der Waals surface area contributed by atoms with Crippen LogP contribution in [0.2, 0.25) is 0 Å². The molecule has 1 aromatic rings. The second-order valence-electron chi connectivity index (χ2n) is 5.76. The Morgan fingerprint density at radius 3 is 2.61 bits per heavy atom. The van der Waals surface area contributed by atoms with Crippen LogP contribution in [-0.2, 0) is 11.3 Å². The highest BCUT2D eigenvalue weighted by Gasteiger charge is 2.14. The zero-order valence-corrected chi connectivity index (χ0v) is 14.3. The van der Waals surface area contributed by atoms with Crippen LogP contribution in [0.15, 0.2) is 29.3 Å². The number of guanidine groups is 1. The first-order chi connectivity index (χ1) is 11.2. The number of aliphatic imine (C=N–C) groups is 1. The van der Waals surface area contributed by atoms with Gasteiger partial charge in [0.15, 0.2) is 5.96 Å². The second kappa shape index (κ2) is 9.50. The number of nitrogens with zero attached hydrogens (tertiary/aromatic N) is 3. The summed E-state index contributed by atoms with van der Waals surface area (Å²) in [7, 11) is 1.69. The molecule has 6 nitrogen and oxygen atoms in total. The van der Waals surface area contributed by atoms with Crippen molar-refractivity contribution in [1.82, 2.24) is 9.80 Å². The third kappa shape index (κ3) is 5.82. The molecule has 0 amide bonds. The van der Waals surface area contributed by atoms with E-state index >= 15 is 0 Å². The van der Waals surface area contributed by atoms with Gasteiger partial charge in [-0.15, -0.1) is 0 Å². The van der Waals surface area contributed by atoms with Crippen molar-refractivity contribution in [3.05, 3.63) is 29.8 Å². The fourth-order valence-electron chi connectivity index (χ4n) is 2.74. The van der Waals surface area contributed by atoms with Gasteiger partial charge in [-0.25, -0.2) is 0 Å². The Morgan fingerprint density at radius 1 is 1.22 bits per heavy atom. The summed E-state index contributed by atoms with van der Waals surface area (Å²) in [5.41, 5.74) is 8.03. The summed E-state index contributed by atoms with van der Waals surface area (Å²) in [6, 6.07) is 7.97. The van der Waals surface area contributed by atoms with E-state index in [4.69, 9.17) is 10.5 Å². The molecule has 6 heteroatoms. The predicted octanol–water partition coefficient (Wildman–Crippen LogP) is 1.20. The van der Waals surface area contributed by atoms with Crippen molar-refractivity contribution < 1.29 is 4.74 Å². The number of para-hydroxylation sites is 1. The maximum absolute atomic E-state index is 6.00. The Hall–Kier alpha value is -1.63. The molecule has 0 unspecified atom stereocenters. The van der Waals surface area contributed by atoms with Crippen LogP contribution in [0.4, 0.5) is 5.69 Å². The van der Waals surface area contributed by atoms with Gasteiger partial charge < -0.3 is 20.7 Å². The van der Waals surface area contributed by atoms with E-state index in [9.17, 15) is 0 Å². The Labute approximate surface area is 139 Å². The first kappa shape index (κ1) is 17.7. The van der Waals surface area contributed by atoms with E-state index in [0.717, 1.165) is 57.1 Å². The number of rotatable bonds is 7. The van der Waals surface area contributed by atoms with Crippen molar-refractivity contribution in [3.8, 4) is 0 Å².